The number of nitrogen functional groups attached to an aromatic ring is 1. The van der Waals surface area contributed by atoms with Gasteiger partial charge in [0.1, 0.15) is 18.4 Å². The number of aliphatic hydroxyl groups excluding tert-OH is 1. The van der Waals surface area contributed by atoms with Crippen molar-refractivity contribution in [1.29, 1.82) is 0 Å². The van der Waals surface area contributed by atoms with Gasteiger partial charge in [0, 0.05) is 5.56 Å². The second kappa shape index (κ2) is 9.03. The third-order valence-electron chi connectivity index (χ3n) is 4.10. The number of hydrogen-bond donors (Lipinski definition) is 3. The number of para-hydroxylation sites is 2. The van der Waals surface area contributed by atoms with Crippen molar-refractivity contribution in [1.82, 2.24) is 15.2 Å². The molecule has 28 heavy (non-hydrogen) atoms. The molecule has 1 atom stereocenters. The average Bonchev–Trinajstić information content (AvgIpc) is 3.16. The van der Waals surface area contributed by atoms with Crippen molar-refractivity contribution >= 4 is 5.91 Å². The molecule has 8 nitrogen and oxygen atoms in total. The van der Waals surface area contributed by atoms with Crippen LogP contribution in [0.5, 0.6) is 11.5 Å². The lowest BCUT2D eigenvalue weighted by Gasteiger charge is -2.15. The first-order chi connectivity index (χ1) is 13.6. The van der Waals surface area contributed by atoms with Gasteiger partial charge >= 0.3 is 0 Å². The molecule has 1 amide bonds. The van der Waals surface area contributed by atoms with Crippen molar-refractivity contribution in [2.24, 2.45) is 5.84 Å². The van der Waals surface area contributed by atoms with E-state index in [1.807, 2.05) is 42.5 Å². The Morgan fingerprint density at radius 3 is 2.54 bits per heavy atom. The van der Waals surface area contributed by atoms with Gasteiger partial charge in [-0.2, -0.15) is 5.10 Å². The standard InChI is InChI=1S/C20H22N4O4/c1-27-18-9-5-6-10-19(18)28-13-15(25)12-24-17(20(26)22-21)11-16(23-24)14-7-3-2-4-8-14/h2-11,15,25H,12-13,21H2,1H3,(H,22,26). The Kier molecular flexibility index (Phi) is 6.25. The number of ether oxygens (including phenoxy) is 2. The molecule has 1 unspecified atom stereocenters. The van der Waals surface area contributed by atoms with Crippen molar-refractivity contribution in [2.45, 2.75) is 12.6 Å². The van der Waals surface area contributed by atoms with Crippen LogP contribution in [0.1, 0.15) is 10.5 Å². The largest absolute Gasteiger partial charge is 0.493 e. The zero-order valence-electron chi connectivity index (χ0n) is 15.4. The van der Waals surface area contributed by atoms with Crippen LogP contribution in [-0.4, -0.2) is 40.6 Å². The van der Waals surface area contributed by atoms with E-state index in [0.29, 0.717) is 17.2 Å². The number of aromatic nitrogens is 2. The van der Waals surface area contributed by atoms with Crippen LogP contribution in [-0.2, 0) is 6.54 Å². The third-order valence-corrected chi connectivity index (χ3v) is 4.10. The average molecular weight is 382 g/mol. The van der Waals surface area contributed by atoms with Crippen molar-refractivity contribution in [3.05, 3.63) is 66.4 Å². The number of nitrogens with zero attached hydrogens (tertiary/aromatic N) is 2. The molecule has 1 aromatic heterocycles. The number of amides is 1. The first kappa shape index (κ1) is 19.4. The lowest BCUT2D eigenvalue weighted by atomic mass is 10.1. The Labute approximate surface area is 162 Å². The van der Waals surface area contributed by atoms with Crippen LogP contribution in [0.25, 0.3) is 11.3 Å². The Morgan fingerprint density at radius 1 is 1.18 bits per heavy atom. The summed E-state index contributed by atoms with van der Waals surface area (Å²) in [6.07, 6.45) is -0.905. The molecule has 8 heteroatoms. The minimum atomic E-state index is -0.905. The number of rotatable bonds is 8. The van der Waals surface area contributed by atoms with Gasteiger partial charge in [-0.3, -0.25) is 14.9 Å². The van der Waals surface area contributed by atoms with Gasteiger partial charge in [-0.25, -0.2) is 5.84 Å². The molecule has 3 rings (SSSR count). The molecule has 0 aliphatic heterocycles. The van der Waals surface area contributed by atoms with Gasteiger partial charge < -0.3 is 14.6 Å². The van der Waals surface area contributed by atoms with Gasteiger partial charge in [0.25, 0.3) is 5.91 Å². The highest BCUT2D eigenvalue weighted by atomic mass is 16.5. The first-order valence-corrected chi connectivity index (χ1v) is 8.70. The van der Waals surface area contributed by atoms with Crippen LogP contribution >= 0.6 is 0 Å². The first-order valence-electron chi connectivity index (χ1n) is 8.70. The summed E-state index contributed by atoms with van der Waals surface area (Å²) in [5, 5.41) is 14.8. The molecule has 0 saturated carbocycles. The zero-order chi connectivity index (χ0) is 19.9. The number of carbonyl (C=O) groups excluding carboxylic acids is 1. The molecule has 4 N–H and O–H groups in total. The van der Waals surface area contributed by atoms with E-state index in [1.165, 1.54) is 4.68 Å². The molecular formula is C20H22N4O4. The number of hydrogen-bond acceptors (Lipinski definition) is 6. The summed E-state index contributed by atoms with van der Waals surface area (Å²) in [5.41, 5.74) is 3.81. The number of methoxy groups -OCH3 is 1. The van der Waals surface area contributed by atoms with Crippen LogP contribution in [0.4, 0.5) is 0 Å². The number of carbonyl (C=O) groups is 1. The second-order valence-electron chi connectivity index (χ2n) is 6.05. The Balaban J connectivity index is 1.75. The molecule has 0 fully saturated rings. The van der Waals surface area contributed by atoms with E-state index >= 15 is 0 Å². The van der Waals surface area contributed by atoms with Gasteiger partial charge in [0.05, 0.1) is 19.3 Å². The fraction of sp³-hybridized carbons (Fsp3) is 0.200. The van der Waals surface area contributed by atoms with E-state index < -0.39 is 12.0 Å². The van der Waals surface area contributed by atoms with Crippen molar-refractivity contribution in [3.63, 3.8) is 0 Å². The molecule has 0 bridgehead atoms. The lowest BCUT2D eigenvalue weighted by molar-refractivity contribution is 0.0836. The fourth-order valence-corrected chi connectivity index (χ4v) is 2.74. The van der Waals surface area contributed by atoms with E-state index in [1.54, 1.807) is 25.3 Å². The van der Waals surface area contributed by atoms with Crippen molar-refractivity contribution in [2.75, 3.05) is 13.7 Å². The minimum Gasteiger partial charge on any atom is -0.493 e. The number of hydrazine groups is 1. The summed E-state index contributed by atoms with van der Waals surface area (Å²) >= 11 is 0. The van der Waals surface area contributed by atoms with Crippen LogP contribution in [0.15, 0.2) is 60.7 Å². The van der Waals surface area contributed by atoms with Crippen molar-refractivity contribution in [3.8, 4) is 22.8 Å². The van der Waals surface area contributed by atoms with Crippen LogP contribution in [0, 0.1) is 0 Å². The van der Waals surface area contributed by atoms with Gasteiger partial charge in [-0.05, 0) is 18.2 Å². The molecule has 0 aliphatic carbocycles. The van der Waals surface area contributed by atoms with Crippen molar-refractivity contribution < 1.29 is 19.4 Å². The highest BCUT2D eigenvalue weighted by molar-refractivity contribution is 5.93. The van der Waals surface area contributed by atoms with E-state index in [0.717, 1.165) is 5.56 Å². The van der Waals surface area contributed by atoms with Gasteiger partial charge in [0.15, 0.2) is 11.5 Å². The smallest absolute Gasteiger partial charge is 0.283 e. The number of aliphatic hydroxyl groups is 1. The van der Waals surface area contributed by atoms with Crippen LogP contribution in [0.3, 0.4) is 0 Å². The van der Waals surface area contributed by atoms with E-state index in [-0.39, 0.29) is 18.8 Å². The number of benzene rings is 2. The predicted octanol–water partition coefficient (Wildman–Crippen LogP) is 1.60. The van der Waals surface area contributed by atoms with Crippen LogP contribution in [0.2, 0.25) is 0 Å². The summed E-state index contributed by atoms with van der Waals surface area (Å²) in [7, 11) is 1.55. The molecule has 0 saturated heterocycles. The molecule has 1 heterocycles. The maximum Gasteiger partial charge on any atom is 0.283 e. The summed E-state index contributed by atoms with van der Waals surface area (Å²) in [6, 6.07) is 18.2. The maximum absolute atomic E-state index is 12.1. The normalized spacial score (nSPS) is 11.7. The quantitative estimate of drug-likeness (QED) is 0.310. The fourth-order valence-electron chi connectivity index (χ4n) is 2.74. The number of nitrogens with one attached hydrogen (secondary N) is 1. The van der Waals surface area contributed by atoms with E-state index in [2.05, 4.69) is 10.5 Å². The molecule has 3 aromatic rings. The topological polar surface area (TPSA) is 112 Å². The highest BCUT2D eigenvalue weighted by Crippen LogP contribution is 2.26. The summed E-state index contributed by atoms with van der Waals surface area (Å²) in [4.78, 5) is 12.1. The highest BCUT2D eigenvalue weighted by Gasteiger charge is 2.18. The molecule has 0 spiro atoms. The van der Waals surface area contributed by atoms with E-state index in [9.17, 15) is 9.90 Å². The monoisotopic (exact) mass is 382 g/mol. The SMILES string of the molecule is COc1ccccc1OCC(O)Cn1nc(-c2ccccc2)cc1C(=O)NN. The molecule has 0 aliphatic rings. The summed E-state index contributed by atoms with van der Waals surface area (Å²) < 4.78 is 12.3. The predicted molar refractivity (Wildman–Crippen MR) is 104 cm³/mol. The molecule has 2 aromatic carbocycles. The second-order valence-corrected chi connectivity index (χ2v) is 6.05. The van der Waals surface area contributed by atoms with Gasteiger partial charge in [0.2, 0.25) is 0 Å². The summed E-state index contributed by atoms with van der Waals surface area (Å²) in [6.45, 7) is 0.0648. The molecule has 0 radical (unpaired) electrons. The van der Waals surface area contributed by atoms with Crippen LogP contribution < -0.4 is 20.7 Å². The minimum absolute atomic E-state index is 0.00455. The summed E-state index contributed by atoms with van der Waals surface area (Å²) in [5.74, 6) is 5.88. The number of nitrogens with two attached hydrogens (primary N) is 1. The van der Waals surface area contributed by atoms with Gasteiger partial charge in [-0.1, -0.05) is 42.5 Å². The Morgan fingerprint density at radius 2 is 1.86 bits per heavy atom. The van der Waals surface area contributed by atoms with Gasteiger partial charge in [-0.15, -0.1) is 0 Å². The third kappa shape index (κ3) is 4.48. The van der Waals surface area contributed by atoms with E-state index in [4.69, 9.17) is 15.3 Å². The molecule has 146 valence electrons. The maximum atomic E-state index is 12.1. The zero-order valence-corrected chi connectivity index (χ0v) is 15.4. The lowest BCUT2D eigenvalue weighted by Crippen LogP contribution is -2.33. The Bertz CT molecular complexity index is 927. The molecular weight excluding hydrogens is 360 g/mol. The Hall–Kier alpha value is -3.36.